The van der Waals surface area contributed by atoms with Gasteiger partial charge in [0.05, 0.1) is 17.9 Å². The maximum absolute atomic E-state index is 11.7. The molecule has 1 fully saturated rings. The SMILES string of the molecule is C[C@H]1CCN(C)c2ccccc2N1CCN1C(=O)CNC1=O. The number of imide groups is 1. The number of amides is 3. The van der Waals surface area contributed by atoms with E-state index in [0.717, 1.165) is 13.0 Å². The van der Waals surface area contributed by atoms with Gasteiger partial charge in [0, 0.05) is 32.7 Å². The van der Waals surface area contributed by atoms with Gasteiger partial charge in [-0.25, -0.2) is 4.79 Å². The van der Waals surface area contributed by atoms with Crippen molar-refractivity contribution in [1.82, 2.24) is 10.2 Å². The summed E-state index contributed by atoms with van der Waals surface area (Å²) >= 11 is 0. The quantitative estimate of drug-likeness (QED) is 0.855. The molecule has 0 aromatic heterocycles. The zero-order chi connectivity index (χ0) is 15.7. The number of para-hydroxylation sites is 2. The lowest BCUT2D eigenvalue weighted by atomic mass is 10.2. The lowest BCUT2D eigenvalue weighted by Crippen LogP contribution is -2.42. The number of hydrogen-bond donors (Lipinski definition) is 1. The zero-order valence-electron chi connectivity index (χ0n) is 13.1. The highest BCUT2D eigenvalue weighted by Crippen LogP contribution is 2.33. The Labute approximate surface area is 130 Å². The molecular formula is C16H22N4O2. The van der Waals surface area contributed by atoms with E-state index in [1.807, 2.05) is 12.1 Å². The van der Waals surface area contributed by atoms with Crippen LogP contribution in [0, 0.1) is 0 Å². The molecule has 0 bridgehead atoms. The number of nitrogens with zero attached hydrogens (tertiary/aromatic N) is 3. The van der Waals surface area contributed by atoms with Crippen molar-refractivity contribution >= 4 is 23.3 Å². The molecule has 2 aliphatic heterocycles. The van der Waals surface area contributed by atoms with E-state index in [0.29, 0.717) is 19.1 Å². The molecule has 0 radical (unpaired) electrons. The van der Waals surface area contributed by atoms with Crippen LogP contribution in [0.1, 0.15) is 13.3 Å². The topological polar surface area (TPSA) is 55.9 Å². The molecule has 0 aliphatic carbocycles. The number of rotatable bonds is 3. The number of nitrogens with one attached hydrogen (secondary N) is 1. The van der Waals surface area contributed by atoms with Gasteiger partial charge in [-0.3, -0.25) is 9.69 Å². The molecule has 6 heteroatoms. The number of urea groups is 1. The van der Waals surface area contributed by atoms with Crippen LogP contribution in [0.3, 0.4) is 0 Å². The minimum Gasteiger partial charge on any atom is -0.373 e. The van der Waals surface area contributed by atoms with Crippen LogP contribution in [0.5, 0.6) is 0 Å². The van der Waals surface area contributed by atoms with E-state index in [2.05, 4.69) is 41.2 Å². The summed E-state index contributed by atoms with van der Waals surface area (Å²) in [5.74, 6) is -0.141. The summed E-state index contributed by atoms with van der Waals surface area (Å²) in [7, 11) is 2.10. The number of anilines is 2. The second-order valence-corrected chi connectivity index (χ2v) is 5.95. The van der Waals surface area contributed by atoms with Gasteiger partial charge in [-0.05, 0) is 25.5 Å². The van der Waals surface area contributed by atoms with Gasteiger partial charge in [0.1, 0.15) is 0 Å². The Hall–Kier alpha value is -2.24. The number of carbonyl (C=O) groups is 2. The predicted molar refractivity (Wildman–Crippen MR) is 86.2 cm³/mol. The first-order chi connectivity index (χ1) is 10.6. The fraction of sp³-hybridized carbons (Fsp3) is 0.500. The summed E-state index contributed by atoms with van der Waals surface area (Å²) in [5.41, 5.74) is 2.37. The Kier molecular flexibility index (Phi) is 3.92. The smallest absolute Gasteiger partial charge is 0.324 e. The average molecular weight is 302 g/mol. The van der Waals surface area contributed by atoms with Crippen molar-refractivity contribution in [1.29, 1.82) is 0 Å². The first-order valence-corrected chi connectivity index (χ1v) is 7.73. The Balaban J connectivity index is 1.80. The minimum absolute atomic E-state index is 0.119. The molecule has 1 N–H and O–H groups in total. The monoisotopic (exact) mass is 302 g/mol. The second-order valence-electron chi connectivity index (χ2n) is 5.95. The van der Waals surface area contributed by atoms with E-state index in [4.69, 9.17) is 0 Å². The fourth-order valence-electron chi connectivity index (χ4n) is 3.15. The van der Waals surface area contributed by atoms with Gasteiger partial charge < -0.3 is 15.1 Å². The summed E-state index contributed by atoms with van der Waals surface area (Å²) in [5, 5.41) is 2.57. The van der Waals surface area contributed by atoms with Gasteiger partial charge in [-0.1, -0.05) is 12.1 Å². The van der Waals surface area contributed by atoms with Crippen LogP contribution < -0.4 is 15.1 Å². The normalized spacial score (nSPS) is 21.7. The summed E-state index contributed by atoms with van der Waals surface area (Å²) in [6.45, 7) is 4.39. The van der Waals surface area contributed by atoms with E-state index in [9.17, 15) is 9.59 Å². The highest BCUT2D eigenvalue weighted by Gasteiger charge is 2.30. The van der Waals surface area contributed by atoms with Crippen molar-refractivity contribution in [2.45, 2.75) is 19.4 Å². The number of benzene rings is 1. The van der Waals surface area contributed by atoms with Crippen molar-refractivity contribution in [2.24, 2.45) is 0 Å². The lowest BCUT2D eigenvalue weighted by Gasteiger charge is -2.31. The predicted octanol–water partition coefficient (Wildman–Crippen LogP) is 1.27. The van der Waals surface area contributed by atoms with Crippen LogP contribution in [0.15, 0.2) is 24.3 Å². The van der Waals surface area contributed by atoms with Crippen LogP contribution >= 0.6 is 0 Å². The molecule has 1 saturated heterocycles. The molecule has 2 aliphatic rings. The molecule has 0 spiro atoms. The molecule has 3 amide bonds. The first-order valence-electron chi connectivity index (χ1n) is 7.73. The van der Waals surface area contributed by atoms with Crippen molar-refractivity contribution in [3.63, 3.8) is 0 Å². The third-order valence-electron chi connectivity index (χ3n) is 4.52. The Morgan fingerprint density at radius 3 is 2.59 bits per heavy atom. The van der Waals surface area contributed by atoms with E-state index in [1.165, 1.54) is 16.3 Å². The highest BCUT2D eigenvalue weighted by atomic mass is 16.2. The second kappa shape index (κ2) is 5.87. The number of hydrogen-bond acceptors (Lipinski definition) is 4. The van der Waals surface area contributed by atoms with Crippen molar-refractivity contribution in [3.8, 4) is 0 Å². The first kappa shape index (κ1) is 14.7. The van der Waals surface area contributed by atoms with E-state index >= 15 is 0 Å². The third kappa shape index (κ3) is 2.61. The van der Waals surface area contributed by atoms with Crippen LogP contribution in [-0.4, -0.2) is 56.1 Å². The Bertz CT molecular complexity index is 573. The highest BCUT2D eigenvalue weighted by molar-refractivity contribution is 6.01. The van der Waals surface area contributed by atoms with Crippen LogP contribution in [-0.2, 0) is 4.79 Å². The lowest BCUT2D eigenvalue weighted by molar-refractivity contribution is -0.124. The molecule has 6 nitrogen and oxygen atoms in total. The fourth-order valence-corrected chi connectivity index (χ4v) is 3.15. The van der Waals surface area contributed by atoms with Gasteiger partial charge >= 0.3 is 6.03 Å². The molecule has 0 saturated carbocycles. The zero-order valence-corrected chi connectivity index (χ0v) is 13.1. The molecular weight excluding hydrogens is 280 g/mol. The summed E-state index contributed by atoms with van der Waals surface area (Å²) in [6, 6.07) is 8.39. The molecule has 2 heterocycles. The summed E-state index contributed by atoms with van der Waals surface area (Å²) in [4.78, 5) is 29.3. The maximum atomic E-state index is 11.7. The molecule has 1 aromatic carbocycles. The maximum Gasteiger partial charge on any atom is 0.324 e. The van der Waals surface area contributed by atoms with Gasteiger partial charge in [-0.15, -0.1) is 0 Å². The van der Waals surface area contributed by atoms with Crippen molar-refractivity contribution < 1.29 is 9.59 Å². The number of fused-ring (bicyclic) bond motifs is 1. The van der Waals surface area contributed by atoms with Gasteiger partial charge in [-0.2, -0.15) is 0 Å². The van der Waals surface area contributed by atoms with Gasteiger partial charge in [0.15, 0.2) is 0 Å². The molecule has 118 valence electrons. The van der Waals surface area contributed by atoms with Gasteiger partial charge in [0.2, 0.25) is 5.91 Å². The van der Waals surface area contributed by atoms with E-state index < -0.39 is 0 Å². The molecule has 3 rings (SSSR count). The van der Waals surface area contributed by atoms with Crippen LogP contribution in [0.2, 0.25) is 0 Å². The van der Waals surface area contributed by atoms with Crippen molar-refractivity contribution in [2.75, 3.05) is 43.0 Å². The standard InChI is InChI=1S/C16H22N4O2/c1-12-7-8-18(2)13-5-3-4-6-14(13)19(12)9-10-20-15(21)11-17-16(20)22/h3-6,12H,7-11H2,1-2H3,(H,17,22)/t12-/m0/s1. The Morgan fingerprint density at radius 2 is 1.91 bits per heavy atom. The third-order valence-corrected chi connectivity index (χ3v) is 4.52. The Morgan fingerprint density at radius 1 is 1.18 bits per heavy atom. The minimum atomic E-state index is -0.280. The summed E-state index contributed by atoms with van der Waals surface area (Å²) < 4.78 is 0. The van der Waals surface area contributed by atoms with Crippen LogP contribution in [0.4, 0.5) is 16.2 Å². The van der Waals surface area contributed by atoms with E-state index in [1.54, 1.807) is 0 Å². The van der Waals surface area contributed by atoms with Crippen LogP contribution in [0.25, 0.3) is 0 Å². The average Bonchev–Trinajstić information content (AvgIpc) is 2.78. The summed E-state index contributed by atoms with van der Waals surface area (Å²) in [6.07, 6.45) is 1.05. The number of carbonyl (C=O) groups excluding carboxylic acids is 2. The largest absolute Gasteiger partial charge is 0.373 e. The van der Waals surface area contributed by atoms with Gasteiger partial charge in [0.25, 0.3) is 0 Å². The molecule has 1 atom stereocenters. The molecule has 22 heavy (non-hydrogen) atoms. The van der Waals surface area contributed by atoms with E-state index in [-0.39, 0.29) is 18.5 Å². The van der Waals surface area contributed by atoms with Crippen molar-refractivity contribution in [3.05, 3.63) is 24.3 Å². The molecule has 0 unspecified atom stereocenters. The molecule has 1 aromatic rings.